The Labute approximate surface area is 134 Å². The molecule has 1 rings (SSSR count). The van der Waals surface area contributed by atoms with E-state index >= 15 is 0 Å². The molecule has 0 spiro atoms. The van der Waals surface area contributed by atoms with Crippen molar-refractivity contribution in [1.29, 1.82) is 0 Å². The molecule has 21 heavy (non-hydrogen) atoms. The van der Waals surface area contributed by atoms with Gasteiger partial charge in [-0.15, -0.1) is 0 Å². The zero-order chi connectivity index (χ0) is 16.0. The summed E-state index contributed by atoms with van der Waals surface area (Å²) in [6.07, 6.45) is 0. The van der Waals surface area contributed by atoms with Crippen molar-refractivity contribution in [2.45, 2.75) is 6.92 Å². The van der Waals surface area contributed by atoms with Gasteiger partial charge < -0.3 is 14.5 Å². The predicted molar refractivity (Wildman–Crippen MR) is 85.4 cm³/mol. The monoisotopic (exact) mass is 356 g/mol. The number of benzene rings is 1. The number of rotatable bonds is 6. The first-order valence-corrected chi connectivity index (χ1v) is 7.40. The van der Waals surface area contributed by atoms with Crippen molar-refractivity contribution in [3.8, 4) is 0 Å². The van der Waals surface area contributed by atoms with E-state index in [9.17, 15) is 9.59 Å². The lowest BCUT2D eigenvalue weighted by atomic mass is 10.1. The highest BCUT2D eigenvalue weighted by Gasteiger charge is 2.21. The topological polar surface area (TPSA) is 49.9 Å². The Balaban J connectivity index is 2.98. The highest BCUT2D eigenvalue weighted by atomic mass is 79.9. The third-order valence-corrected chi connectivity index (χ3v) is 3.60. The molecule has 0 heterocycles. The van der Waals surface area contributed by atoms with Crippen molar-refractivity contribution in [3.05, 3.63) is 33.8 Å². The van der Waals surface area contributed by atoms with Gasteiger partial charge >= 0.3 is 0 Å². The number of carbonyl (C=O) groups excluding carboxylic acids is 2. The van der Waals surface area contributed by atoms with Gasteiger partial charge in [-0.25, -0.2) is 0 Å². The largest absolute Gasteiger partial charge is 0.383 e. The second kappa shape index (κ2) is 8.14. The van der Waals surface area contributed by atoms with Gasteiger partial charge in [0.1, 0.15) is 6.54 Å². The van der Waals surface area contributed by atoms with Crippen LogP contribution >= 0.6 is 15.9 Å². The molecule has 0 fully saturated rings. The maximum atomic E-state index is 12.7. The van der Waals surface area contributed by atoms with Gasteiger partial charge in [-0.2, -0.15) is 0 Å². The Morgan fingerprint density at radius 3 is 2.52 bits per heavy atom. The highest BCUT2D eigenvalue weighted by molar-refractivity contribution is 9.10. The number of nitrogens with zero attached hydrogens (tertiary/aromatic N) is 2. The molecule has 6 heteroatoms. The first-order chi connectivity index (χ1) is 9.86. The van der Waals surface area contributed by atoms with Crippen LogP contribution < -0.4 is 0 Å². The average molecular weight is 357 g/mol. The van der Waals surface area contributed by atoms with Crippen molar-refractivity contribution in [2.75, 3.05) is 40.9 Å². The summed E-state index contributed by atoms with van der Waals surface area (Å²) in [7, 11) is 4.91. The zero-order valence-corrected chi connectivity index (χ0v) is 14.4. The normalized spacial score (nSPS) is 10.3. The summed E-state index contributed by atoms with van der Waals surface area (Å²) >= 11 is 3.37. The van der Waals surface area contributed by atoms with Gasteiger partial charge in [-0.1, -0.05) is 22.0 Å². The quantitative estimate of drug-likeness (QED) is 0.782. The molecule has 0 unspecified atom stereocenters. The second-order valence-electron chi connectivity index (χ2n) is 4.97. The van der Waals surface area contributed by atoms with E-state index in [-0.39, 0.29) is 18.4 Å². The number of methoxy groups -OCH3 is 1. The number of aryl methyl sites for hydroxylation is 1. The minimum absolute atomic E-state index is 0.0428. The SMILES string of the molecule is COCCN(CC(=O)N(C)C)C(=O)c1cc(Br)ccc1C. The zero-order valence-electron chi connectivity index (χ0n) is 12.9. The molecular weight excluding hydrogens is 336 g/mol. The minimum Gasteiger partial charge on any atom is -0.383 e. The van der Waals surface area contributed by atoms with Crippen molar-refractivity contribution in [2.24, 2.45) is 0 Å². The molecule has 0 N–H and O–H groups in total. The fraction of sp³-hybridized carbons (Fsp3) is 0.467. The molecule has 0 aliphatic rings. The molecule has 2 amide bonds. The third-order valence-electron chi connectivity index (χ3n) is 3.11. The van der Waals surface area contributed by atoms with Crippen LogP contribution in [-0.2, 0) is 9.53 Å². The van der Waals surface area contributed by atoms with E-state index in [1.54, 1.807) is 27.3 Å². The fourth-order valence-corrected chi connectivity index (χ4v) is 2.11. The van der Waals surface area contributed by atoms with Gasteiger partial charge in [0.2, 0.25) is 5.91 Å². The van der Waals surface area contributed by atoms with Crippen LogP contribution in [-0.4, -0.2) is 62.5 Å². The summed E-state index contributed by atoms with van der Waals surface area (Å²) < 4.78 is 5.86. The number of hydrogen-bond donors (Lipinski definition) is 0. The van der Waals surface area contributed by atoms with Crippen LogP contribution in [0.4, 0.5) is 0 Å². The Hall–Kier alpha value is -1.40. The van der Waals surface area contributed by atoms with Crippen molar-refractivity contribution < 1.29 is 14.3 Å². The van der Waals surface area contributed by atoms with E-state index < -0.39 is 0 Å². The van der Waals surface area contributed by atoms with Crippen LogP contribution in [0.1, 0.15) is 15.9 Å². The highest BCUT2D eigenvalue weighted by Crippen LogP contribution is 2.18. The molecule has 0 radical (unpaired) electrons. The van der Waals surface area contributed by atoms with Crippen LogP contribution in [0.15, 0.2) is 22.7 Å². The van der Waals surface area contributed by atoms with Crippen molar-refractivity contribution in [3.63, 3.8) is 0 Å². The van der Waals surface area contributed by atoms with E-state index in [4.69, 9.17) is 4.74 Å². The van der Waals surface area contributed by atoms with E-state index in [0.717, 1.165) is 10.0 Å². The lowest BCUT2D eigenvalue weighted by molar-refractivity contribution is -0.129. The molecule has 0 aliphatic carbocycles. The molecule has 0 saturated heterocycles. The first kappa shape index (κ1) is 17.7. The lowest BCUT2D eigenvalue weighted by Crippen LogP contribution is -2.42. The summed E-state index contributed by atoms with van der Waals surface area (Å²) in [6.45, 7) is 2.68. The van der Waals surface area contributed by atoms with Gasteiger partial charge in [-0.05, 0) is 24.6 Å². The molecule has 0 saturated carbocycles. The van der Waals surface area contributed by atoms with Gasteiger partial charge in [0.15, 0.2) is 0 Å². The molecule has 1 aromatic rings. The van der Waals surface area contributed by atoms with E-state index in [1.165, 1.54) is 9.80 Å². The average Bonchev–Trinajstić information content (AvgIpc) is 2.44. The van der Waals surface area contributed by atoms with Gasteiger partial charge in [0, 0.05) is 37.8 Å². The standard InChI is InChI=1S/C15H21BrN2O3/c1-11-5-6-12(16)9-13(11)15(20)18(7-8-21-4)10-14(19)17(2)3/h5-6,9H,7-8,10H2,1-4H3. The number of halogens is 1. The van der Waals surface area contributed by atoms with Crippen LogP contribution in [0.2, 0.25) is 0 Å². The molecule has 1 aromatic carbocycles. The van der Waals surface area contributed by atoms with Crippen molar-refractivity contribution >= 4 is 27.7 Å². The first-order valence-electron chi connectivity index (χ1n) is 6.61. The van der Waals surface area contributed by atoms with Crippen molar-refractivity contribution in [1.82, 2.24) is 9.80 Å². The number of amides is 2. The predicted octanol–water partition coefficient (Wildman–Crippen LogP) is 1.93. The molecule has 0 bridgehead atoms. The number of hydrogen-bond acceptors (Lipinski definition) is 3. The molecular formula is C15H21BrN2O3. The smallest absolute Gasteiger partial charge is 0.254 e. The van der Waals surface area contributed by atoms with Gasteiger partial charge in [-0.3, -0.25) is 9.59 Å². The molecule has 0 aliphatic heterocycles. The maximum Gasteiger partial charge on any atom is 0.254 e. The molecule has 0 atom stereocenters. The fourth-order valence-electron chi connectivity index (χ4n) is 1.75. The Bertz CT molecular complexity index is 518. The Morgan fingerprint density at radius 1 is 1.29 bits per heavy atom. The van der Waals surface area contributed by atoms with E-state index in [1.807, 2.05) is 19.1 Å². The minimum atomic E-state index is -0.166. The molecule has 0 aromatic heterocycles. The van der Waals surface area contributed by atoms with Gasteiger partial charge in [0.25, 0.3) is 5.91 Å². The summed E-state index contributed by atoms with van der Waals surface area (Å²) in [6, 6.07) is 5.54. The summed E-state index contributed by atoms with van der Waals surface area (Å²) in [5.41, 5.74) is 1.47. The Kier molecular flexibility index (Phi) is 6.84. The van der Waals surface area contributed by atoms with Crippen LogP contribution in [0.3, 0.4) is 0 Å². The number of ether oxygens (including phenoxy) is 1. The van der Waals surface area contributed by atoms with Crippen LogP contribution in [0.25, 0.3) is 0 Å². The third kappa shape index (κ3) is 5.13. The summed E-state index contributed by atoms with van der Waals surface area (Å²) in [4.78, 5) is 27.5. The number of carbonyl (C=O) groups is 2. The van der Waals surface area contributed by atoms with Gasteiger partial charge in [0.05, 0.1) is 6.61 Å². The summed E-state index contributed by atoms with van der Waals surface area (Å²) in [5.74, 6) is -0.284. The summed E-state index contributed by atoms with van der Waals surface area (Å²) in [5, 5.41) is 0. The lowest BCUT2D eigenvalue weighted by Gasteiger charge is -2.24. The van der Waals surface area contributed by atoms with Crippen LogP contribution in [0.5, 0.6) is 0 Å². The van der Waals surface area contributed by atoms with Crippen LogP contribution in [0, 0.1) is 6.92 Å². The number of likely N-dealkylation sites (N-methyl/N-ethyl adjacent to an activating group) is 1. The maximum absolute atomic E-state index is 12.7. The molecule has 5 nitrogen and oxygen atoms in total. The van der Waals surface area contributed by atoms with E-state index in [0.29, 0.717) is 18.7 Å². The van der Waals surface area contributed by atoms with E-state index in [2.05, 4.69) is 15.9 Å². The molecule has 116 valence electrons. The Morgan fingerprint density at radius 2 is 1.95 bits per heavy atom. The second-order valence-corrected chi connectivity index (χ2v) is 5.88.